The van der Waals surface area contributed by atoms with E-state index < -0.39 is 6.10 Å². The highest BCUT2D eigenvalue weighted by Crippen LogP contribution is 2.30. The molecule has 5 nitrogen and oxygen atoms in total. The molecule has 1 aliphatic carbocycles. The second-order valence-electron chi connectivity index (χ2n) is 6.06. The first-order valence-corrected chi connectivity index (χ1v) is 9.48. The maximum Gasteiger partial charge on any atom is 0.261 e. The van der Waals surface area contributed by atoms with Crippen LogP contribution in [-0.2, 0) is 4.79 Å². The van der Waals surface area contributed by atoms with E-state index in [-0.39, 0.29) is 18.0 Å². The van der Waals surface area contributed by atoms with Crippen LogP contribution in [0.25, 0.3) is 0 Å². The van der Waals surface area contributed by atoms with Gasteiger partial charge >= 0.3 is 0 Å². The normalized spacial score (nSPS) is 21.4. The summed E-state index contributed by atoms with van der Waals surface area (Å²) in [5.74, 6) is 0.647. The van der Waals surface area contributed by atoms with Crippen LogP contribution in [0.15, 0.2) is 47.9 Å². The monoisotopic (exact) mass is 345 g/mol. The fraction of sp³-hybridized carbons (Fsp3) is 0.444. The average Bonchev–Trinajstić information content (AvgIpc) is 3.26. The summed E-state index contributed by atoms with van der Waals surface area (Å²) < 4.78 is 7.86. The van der Waals surface area contributed by atoms with Crippen molar-refractivity contribution < 1.29 is 9.53 Å². The Kier molecular flexibility index (Phi) is 5.45. The van der Waals surface area contributed by atoms with E-state index in [9.17, 15) is 4.79 Å². The minimum absolute atomic E-state index is 0.0686. The van der Waals surface area contributed by atoms with Crippen LogP contribution in [0.5, 0.6) is 5.75 Å². The molecule has 1 aromatic heterocycles. The first kappa shape index (κ1) is 16.9. The Morgan fingerprint density at radius 3 is 2.83 bits per heavy atom. The van der Waals surface area contributed by atoms with E-state index in [1.165, 1.54) is 4.90 Å². The molecule has 1 amide bonds. The predicted molar refractivity (Wildman–Crippen MR) is 95.4 cm³/mol. The topological polar surface area (TPSA) is 56.1 Å². The second kappa shape index (κ2) is 7.75. The lowest BCUT2D eigenvalue weighted by Gasteiger charge is -2.24. The number of carbonyl (C=O) groups excluding carboxylic acids is 1. The van der Waals surface area contributed by atoms with Gasteiger partial charge in [-0.15, -0.1) is 11.8 Å². The van der Waals surface area contributed by atoms with Crippen molar-refractivity contribution in [2.45, 2.75) is 49.3 Å². The van der Waals surface area contributed by atoms with Gasteiger partial charge in [0.1, 0.15) is 5.75 Å². The fourth-order valence-corrected chi connectivity index (χ4v) is 3.55. The minimum Gasteiger partial charge on any atom is -0.481 e. The number of hydrogen-bond donors (Lipinski definition) is 1. The lowest BCUT2D eigenvalue weighted by atomic mass is 10.1. The molecule has 1 aromatic carbocycles. The molecule has 0 spiro atoms. The van der Waals surface area contributed by atoms with Crippen LogP contribution in [0.1, 0.15) is 32.2 Å². The minimum atomic E-state index is -0.519. The third kappa shape index (κ3) is 3.93. The van der Waals surface area contributed by atoms with Gasteiger partial charge in [0.25, 0.3) is 5.91 Å². The van der Waals surface area contributed by atoms with Gasteiger partial charge in [0, 0.05) is 23.3 Å². The van der Waals surface area contributed by atoms with Gasteiger partial charge < -0.3 is 14.6 Å². The second-order valence-corrected chi connectivity index (χ2v) is 6.94. The number of carbonyl (C=O) groups is 1. The number of amides is 1. The molecule has 1 fully saturated rings. The number of ether oxygens (including phenoxy) is 1. The smallest absolute Gasteiger partial charge is 0.261 e. The van der Waals surface area contributed by atoms with E-state index in [0.29, 0.717) is 5.75 Å². The van der Waals surface area contributed by atoms with Crippen LogP contribution in [0, 0.1) is 0 Å². The lowest BCUT2D eigenvalue weighted by molar-refractivity contribution is -0.128. The summed E-state index contributed by atoms with van der Waals surface area (Å²) in [5.41, 5.74) is 0. The molecule has 24 heavy (non-hydrogen) atoms. The molecule has 6 heteroatoms. The van der Waals surface area contributed by atoms with Gasteiger partial charge in [0.15, 0.2) is 6.10 Å². The molecule has 3 rings (SSSR count). The Morgan fingerprint density at radius 1 is 1.38 bits per heavy atom. The van der Waals surface area contributed by atoms with Crippen LogP contribution in [-0.4, -0.2) is 33.9 Å². The predicted octanol–water partition coefficient (Wildman–Crippen LogP) is 3.28. The average molecular weight is 345 g/mol. The Morgan fingerprint density at radius 2 is 2.17 bits per heavy atom. The molecule has 1 N–H and O–H groups in total. The number of thioether (sulfide) groups is 1. The van der Waals surface area contributed by atoms with Gasteiger partial charge in [-0.25, -0.2) is 4.98 Å². The highest BCUT2D eigenvalue weighted by molar-refractivity contribution is 7.98. The summed E-state index contributed by atoms with van der Waals surface area (Å²) in [4.78, 5) is 17.8. The summed E-state index contributed by atoms with van der Waals surface area (Å²) in [6.45, 7) is 1.79. The Bertz CT molecular complexity index is 657. The molecule has 0 saturated heterocycles. The third-order valence-electron chi connectivity index (χ3n) is 4.46. The fourth-order valence-electron chi connectivity index (χ4n) is 3.14. The first-order valence-electron chi connectivity index (χ1n) is 8.26. The zero-order valence-electron chi connectivity index (χ0n) is 14.0. The molecule has 1 saturated carbocycles. The first-order chi connectivity index (χ1) is 11.7. The van der Waals surface area contributed by atoms with Crippen molar-refractivity contribution in [1.82, 2.24) is 14.9 Å². The molecule has 0 aliphatic heterocycles. The highest BCUT2D eigenvalue weighted by atomic mass is 32.2. The van der Waals surface area contributed by atoms with E-state index in [0.717, 1.165) is 19.3 Å². The zero-order chi connectivity index (χ0) is 16.9. The number of hydrogen-bond acceptors (Lipinski definition) is 4. The maximum absolute atomic E-state index is 12.5. The number of nitrogens with zero attached hydrogens (tertiary/aromatic N) is 2. The van der Waals surface area contributed by atoms with Gasteiger partial charge in [-0.2, -0.15) is 0 Å². The molecular formula is C18H23N3O2S. The Labute approximate surface area is 146 Å². The van der Waals surface area contributed by atoms with E-state index in [2.05, 4.69) is 14.9 Å². The maximum atomic E-state index is 12.5. The largest absolute Gasteiger partial charge is 0.481 e. The molecule has 0 bridgehead atoms. The summed E-state index contributed by atoms with van der Waals surface area (Å²) in [7, 11) is 0. The number of nitrogens with one attached hydrogen (secondary N) is 1. The summed E-state index contributed by atoms with van der Waals surface area (Å²) >= 11 is 1.68. The molecule has 2 aromatic rings. The van der Waals surface area contributed by atoms with Gasteiger partial charge in [-0.05, 0) is 56.7 Å². The number of imidazole rings is 1. The number of rotatable bonds is 6. The van der Waals surface area contributed by atoms with E-state index in [4.69, 9.17) is 4.74 Å². The van der Waals surface area contributed by atoms with Crippen LogP contribution in [0.4, 0.5) is 0 Å². The molecule has 3 atom stereocenters. The summed E-state index contributed by atoms with van der Waals surface area (Å²) in [6, 6.07) is 8.22. The van der Waals surface area contributed by atoms with Crippen molar-refractivity contribution >= 4 is 17.7 Å². The molecule has 0 radical (unpaired) electrons. The van der Waals surface area contributed by atoms with Gasteiger partial charge in [0.2, 0.25) is 0 Å². The molecule has 128 valence electrons. The molecule has 1 heterocycles. The lowest BCUT2D eigenvalue weighted by Crippen LogP contribution is -2.44. The highest BCUT2D eigenvalue weighted by Gasteiger charge is 2.31. The van der Waals surface area contributed by atoms with Crippen molar-refractivity contribution in [1.29, 1.82) is 0 Å². The molecule has 1 aliphatic rings. The molecule has 0 unspecified atom stereocenters. The van der Waals surface area contributed by atoms with Crippen LogP contribution in [0.2, 0.25) is 0 Å². The molecular weight excluding hydrogens is 322 g/mol. The Balaban J connectivity index is 1.57. The van der Waals surface area contributed by atoms with E-state index in [1.807, 2.05) is 43.0 Å². The number of aromatic nitrogens is 2. The Hall–Kier alpha value is -1.95. The SMILES string of the molecule is CSc1ccc(O[C@H](C)C(=O)N[C@H]2CCC[C@@H]2n2ccnc2)cc1. The van der Waals surface area contributed by atoms with Crippen LogP contribution < -0.4 is 10.1 Å². The van der Waals surface area contributed by atoms with Gasteiger partial charge in [-0.3, -0.25) is 4.79 Å². The van der Waals surface area contributed by atoms with Crippen LogP contribution in [0.3, 0.4) is 0 Å². The van der Waals surface area contributed by atoms with E-state index >= 15 is 0 Å². The summed E-state index contributed by atoms with van der Waals surface area (Å²) in [6.07, 6.45) is 10.2. The van der Waals surface area contributed by atoms with Crippen molar-refractivity contribution in [2.24, 2.45) is 0 Å². The zero-order valence-corrected chi connectivity index (χ0v) is 14.8. The quantitative estimate of drug-likeness (QED) is 0.816. The van der Waals surface area contributed by atoms with Crippen molar-refractivity contribution in [2.75, 3.05) is 6.26 Å². The van der Waals surface area contributed by atoms with Crippen molar-refractivity contribution in [3.05, 3.63) is 43.0 Å². The summed E-state index contributed by atoms with van der Waals surface area (Å²) in [5, 5.41) is 3.14. The van der Waals surface area contributed by atoms with Crippen molar-refractivity contribution in [3.63, 3.8) is 0 Å². The van der Waals surface area contributed by atoms with Gasteiger partial charge in [-0.1, -0.05) is 0 Å². The van der Waals surface area contributed by atoms with Crippen molar-refractivity contribution in [3.8, 4) is 5.75 Å². The van der Waals surface area contributed by atoms with Crippen LogP contribution >= 0.6 is 11.8 Å². The van der Waals surface area contributed by atoms with Gasteiger partial charge in [0.05, 0.1) is 12.4 Å². The number of benzene rings is 1. The van der Waals surface area contributed by atoms with E-state index in [1.54, 1.807) is 24.9 Å². The standard InChI is InChI=1S/C18H23N3O2S/c1-13(23-14-6-8-15(24-2)9-7-14)18(22)20-16-4-3-5-17(16)21-11-10-19-12-21/h6-13,16-17H,3-5H2,1-2H3,(H,20,22)/t13-,16+,17+/m1/s1. The third-order valence-corrected chi connectivity index (χ3v) is 5.20.